The van der Waals surface area contributed by atoms with Gasteiger partial charge in [0.1, 0.15) is 13.2 Å². The predicted molar refractivity (Wildman–Crippen MR) is 66.6 cm³/mol. The van der Waals surface area contributed by atoms with E-state index in [1.807, 2.05) is 0 Å². The molecule has 0 aliphatic carbocycles. The second-order valence-corrected chi connectivity index (χ2v) is 4.26. The van der Waals surface area contributed by atoms with Crippen LogP contribution in [0.4, 0.5) is 0 Å². The van der Waals surface area contributed by atoms with Crippen LogP contribution in [0.3, 0.4) is 0 Å². The highest BCUT2D eigenvalue weighted by Crippen LogP contribution is 2.31. The molecule has 1 aromatic rings. The van der Waals surface area contributed by atoms with Crippen molar-refractivity contribution in [2.75, 3.05) is 13.2 Å². The van der Waals surface area contributed by atoms with E-state index in [4.69, 9.17) is 20.3 Å². The Labute approximate surface area is 110 Å². The first-order chi connectivity index (χ1) is 9.08. The van der Waals surface area contributed by atoms with Crippen LogP contribution in [0.5, 0.6) is 11.5 Å². The van der Waals surface area contributed by atoms with Crippen molar-refractivity contribution >= 4 is 11.8 Å². The first-order valence-electron chi connectivity index (χ1n) is 5.99. The van der Waals surface area contributed by atoms with E-state index in [0.717, 1.165) is 0 Å². The number of carboxylic acids is 1. The minimum absolute atomic E-state index is 0.114. The van der Waals surface area contributed by atoms with Crippen LogP contribution in [0.2, 0.25) is 0 Å². The van der Waals surface area contributed by atoms with Gasteiger partial charge in [0.25, 0.3) is 0 Å². The maximum Gasteiger partial charge on any atom is 0.303 e. The molecule has 0 spiro atoms. The summed E-state index contributed by atoms with van der Waals surface area (Å²) in [7, 11) is 0. The molecule has 19 heavy (non-hydrogen) atoms. The van der Waals surface area contributed by atoms with E-state index in [-0.39, 0.29) is 18.6 Å². The molecule has 3 N–H and O–H groups in total. The number of benzene rings is 1. The van der Waals surface area contributed by atoms with Gasteiger partial charge in [-0.05, 0) is 24.6 Å². The number of Topliss-reactive ketones (excluding diaryl/α,β-unsaturated/α-hetero) is 1. The minimum atomic E-state index is -0.967. The molecular formula is C13H15NO5. The Morgan fingerprint density at radius 3 is 2.63 bits per heavy atom. The second-order valence-electron chi connectivity index (χ2n) is 4.26. The highest BCUT2D eigenvalue weighted by atomic mass is 16.6. The maximum absolute atomic E-state index is 12.0. The molecule has 0 aromatic heterocycles. The van der Waals surface area contributed by atoms with Crippen LogP contribution in [0, 0.1) is 0 Å². The summed E-state index contributed by atoms with van der Waals surface area (Å²) in [5.74, 6) is -0.145. The van der Waals surface area contributed by atoms with Crippen LogP contribution in [0.15, 0.2) is 18.2 Å². The lowest BCUT2D eigenvalue weighted by Gasteiger charge is -2.19. The number of fused-ring (bicyclic) bond motifs is 1. The molecule has 0 bridgehead atoms. The Hall–Kier alpha value is -2.08. The third kappa shape index (κ3) is 3.23. The molecule has 6 heteroatoms. The van der Waals surface area contributed by atoms with Crippen LogP contribution in [0.25, 0.3) is 0 Å². The molecular weight excluding hydrogens is 250 g/mol. The number of nitrogens with two attached hydrogens (primary N) is 1. The van der Waals surface area contributed by atoms with Crippen molar-refractivity contribution in [2.24, 2.45) is 5.73 Å². The summed E-state index contributed by atoms with van der Waals surface area (Å²) < 4.78 is 10.7. The SMILES string of the molecule is NC(CCC(=O)O)C(=O)c1ccc2c(c1)OCCO2. The smallest absolute Gasteiger partial charge is 0.303 e. The van der Waals surface area contributed by atoms with Crippen molar-refractivity contribution in [1.82, 2.24) is 0 Å². The molecule has 102 valence electrons. The lowest BCUT2D eigenvalue weighted by atomic mass is 10.0. The summed E-state index contributed by atoms with van der Waals surface area (Å²) in [6.07, 6.45) is -0.0138. The lowest BCUT2D eigenvalue weighted by Crippen LogP contribution is -2.31. The van der Waals surface area contributed by atoms with Crippen molar-refractivity contribution in [3.05, 3.63) is 23.8 Å². The second kappa shape index (κ2) is 5.71. The van der Waals surface area contributed by atoms with Gasteiger partial charge in [-0.1, -0.05) is 0 Å². The number of hydrogen-bond donors (Lipinski definition) is 2. The number of aliphatic carboxylic acids is 1. The van der Waals surface area contributed by atoms with Gasteiger partial charge in [0, 0.05) is 12.0 Å². The number of carbonyl (C=O) groups is 2. The lowest BCUT2D eigenvalue weighted by molar-refractivity contribution is -0.137. The molecule has 0 saturated carbocycles. The number of ether oxygens (including phenoxy) is 2. The van der Waals surface area contributed by atoms with Gasteiger partial charge in [0.15, 0.2) is 17.3 Å². The summed E-state index contributed by atoms with van der Waals surface area (Å²) in [6, 6.07) is 4.03. The molecule has 0 radical (unpaired) electrons. The van der Waals surface area contributed by atoms with Crippen LogP contribution < -0.4 is 15.2 Å². The van der Waals surface area contributed by atoms with Crippen LogP contribution in [0.1, 0.15) is 23.2 Å². The Kier molecular flexibility index (Phi) is 4.01. The van der Waals surface area contributed by atoms with Crippen molar-refractivity contribution in [1.29, 1.82) is 0 Å². The van der Waals surface area contributed by atoms with Gasteiger partial charge >= 0.3 is 5.97 Å². The van der Waals surface area contributed by atoms with Gasteiger partial charge in [-0.3, -0.25) is 9.59 Å². The summed E-state index contributed by atoms with van der Waals surface area (Å²) in [5, 5.41) is 8.57. The molecule has 1 aliphatic heterocycles. The van der Waals surface area contributed by atoms with Crippen LogP contribution in [-0.4, -0.2) is 36.1 Å². The minimum Gasteiger partial charge on any atom is -0.486 e. The van der Waals surface area contributed by atoms with E-state index >= 15 is 0 Å². The fourth-order valence-electron chi connectivity index (χ4n) is 1.82. The van der Waals surface area contributed by atoms with Crippen molar-refractivity contribution in [3.8, 4) is 11.5 Å². The molecule has 1 unspecified atom stereocenters. The first kappa shape index (κ1) is 13.4. The number of hydrogen-bond acceptors (Lipinski definition) is 5. The van der Waals surface area contributed by atoms with E-state index in [2.05, 4.69) is 0 Å². The number of carboxylic acid groups (broad SMARTS) is 1. The molecule has 1 heterocycles. The summed E-state index contributed by atoms with van der Waals surface area (Å²) >= 11 is 0. The molecule has 0 amide bonds. The Morgan fingerprint density at radius 2 is 1.95 bits per heavy atom. The average molecular weight is 265 g/mol. The standard InChI is InChI=1S/C13H15NO5/c14-9(2-4-12(15)16)13(17)8-1-3-10-11(7-8)19-6-5-18-10/h1,3,7,9H,2,4-6,14H2,(H,15,16). The maximum atomic E-state index is 12.0. The van der Waals surface area contributed by atoms with E-state index < -0.39 is 12.0 Å². The highest BCUT2D eigenvalue weighted by Gasteiger charge is 2.20. The van der Waals surface area contributed by atoms with Crippen molar-refractivity contribution < 1.29 is 24.2 Å². The Morgan fingerprint density at radius 1 is 1.26 bits per heavy atom. The van der Waals surface area contributed by atoms with Crippen molar-refractivity contribution in [2.45, 2.75) is 18.9 Å². The van der Waals surface area contributed by atoms with Gasteiger partial charge in [0.2, 0.25) is 0 Å². The normalized spacial score (nSPS) is 14.8. The summed E-state index contributed by atoms with van der Waals surface area (Å²) in [4.78, 5) is 22.5. The molecule has 1 aliphatic rings. The van der Waals surface area contributed by atoms with Gasteiger partial charge in [0.05, 0.1) is 6.04 Å². The Bertz CT molecular complexity index is 500. The fraction of sp³-hybridized carbons (Fsp3) is 0.385. The zero-order valence-electron chi connectivity index (χ0n) is 10.3. The van der Waals surface area contributed by atoms with Crippen molar-refractivity contribution in [3.63, 3.8) is 0 Å². The largest absolute Gasteiger partial charge is 0.486 e. The molecule has 1 atom stereocenters. The monoisotopic (exact) mass is 265 g/mol. The molecule has 0 fully saturated rings. The summed E-state index contributed by atoms with van der Waals surface area (Å²) in [6.45, 7) is 0.925. The van der Waals surface area contributed by atoms with E-state index in [1.54, 1.807) is 18.2 Å². The Balaban J connectivity index is 2.08. The highest BCUT2D eigenvalue weighted by molar-refractivity contribution is 6.00. The van der Waals surface area contributed by atoms with E-state index in [9.17, 15) is 9.59 Å². The molecule has 1 aromatic carbocycles. The third-order valence-corrected chi connectivity index (χ3v) is 2.83. The van der Waals surface area contributed by atoms with E-state index in [1.165, 1.54) is 0 Å². The quantitative estimate of drug-likeness (QED) is 0.765. The van der Waals surface area contributed by atoms with Crippen LogP contribution in [-0.2, 0) is 4.79 Å². The third-order valence-electron chi connectivity index (χ3n) is 2.83. The van der Waals surface area contributed by atoms with Crippen LogP contribution >= 0.6 is 0 Å². The molecule has 6 nitrogen and oxygen atoms in total. The molecule has 2 rings (SSSR count). The number of rotatable bonds is 5. The average Bonchev–Trinajstić information content (AvgIpc) is 2.43. The predicted octanol–water partition coefficient (Wildman–Crippen LogP) is 0.833. The van der Waals surface area contributed by atoms with Gasteiger partial charge in [-0.2, -0.15) is 0 Å². The first-order valence-corrected chi connectivity index (χ1v) is 5.99. The summed E-state index contributed by atoms with van der Waals surface area (Å²) in [5.41, 5.74) is 6.09. The van der Waals surface area contributed by atoms with Gasteiger partial charge in [-0.25, -0.2) is 0 Å². The molecule has 0 saturated heterocycles. The van der Waals surface area contributed by atoms with Gasteiger partial charge in [-0.15, -0.1) is 0 Å². The topological polar surface area (TPSA) is 98.9 Å². The number of ketones is 1. The zero-order valence-corrected chi connectivity index (χ0v) is 10.3. The number of carbonyl (C=O) groups excluding carboxylic acids is 1. The van der Waals surface area contributed by atoms with Gasteiger partial charge < -0.3 is 20.3 Å². The fourth-order valence-corrected chi connectivity index (χ4v) is 1.82. The zero-order chi connectivity index (χ0) is 13.8. The van der Waals surface area contributed by atoms with E-state index in [0.29, 0.717) is 30.3 Å².